The summed E-state index contributed by atoms with van der Waals surface area (Å²) in [4.78, 5) is 4.73. The Balaban J connectivity index is 1.59. The Labute approximate surface area is 147 Å². The van der Waals surface area contributed by atoms with E-state index in [9.17, 15) is 0 Å². The van der Waals surface area contributed by atoms with Gasteiger partial charge in [0.15, 0.2) is 0 Å². The van der Waals surface area contributed by atoms with Gasteiger partial charge in [0.25, 0.3) is 0 Å². The number of imidazole rings is 1. The van der Waals surface area contributed by atoms with Crippen molar-refractivity contribution in [2.45, 2.75) is 20.5 Å². The minimum atomic E-state index is 0.578. The van der Waals surface area contributed by atoms with Crippen molar-refractivity contribution in [1.82, 2.24) is 9.38 Å². The van der Waals surface area contributed by atoms with E-state index in [0.29, 0.717) is 6.61 Å². The topological polar surface area (TPSA) is 26.5 Å². The van der Waals surface area contributed by atoms with E-state index >= 15 is 0 Å². The number of aromatic nitrogens is 2. The van der Waals surface area contributed by atoms with Crippen LogP contribution in [0, 0.1) is 13.8 Å². The lowest BCUT2D eigenvalue weighted by molar-refractivity contribution is 0.304. The summed E-state index contributed by atoms with van der Waals surface area (Å²) in [5.74, 6) is 0.910. The summed E-state index contributed by atoms with van der Waals surface area (Å²) in [6.45, 7) is 4.74. The van der Waals surface area contributed by atoms with Gasteiger partial charge in [-0.05, 0) is 55.3 Å². The first kappa shape index (κ1) is 15.5. The van der Waals surface area contributed by atoms with Crippen molar-refractivity contribution in [3.05, 3.63) is 89.7 Å². The Bertz CT molecular complexity index is 1020. The van der Waals surface area contributed by atoms with Crippen LogP contribution in [-0.2, 0) is 6.61 Å². The number of hydrogen-bond acceptors (Lipinski definition) is 2. The Kier molecular flexibility index (Phi) is 3.98. The van der Waals surface area contributed by atoms with E-state index in [1.807, 2.05) is 36.4 Å². The van der Waals surface area contributed by atoms with Gasteiger partial charge in [0.05, 0.1) is 5.69 Å². The van der Waals surface area contributed by atoms with Crippen LogP contribution in [0.5, 0.6) is 5.75 Å². The van der Waals surface area contributed by atoms with E-state index < -0.39 is 0 Å². The summed E-state index contributed by atoms with van der Waals surface area (Å²) in [5, 5.41) is 0. The molecule has 2 aromatic heterocycles. The van der Waals surface area contributed by atoms with Gasteiger partial charge in [-0.25, -0.2) is 4.98 Å². The molecule has 3 nitrogen and oxygen atoms in total. The first-order chi connectivity index (χ1) is 12.2. The zero-order valence-corrected chi connectivity index (χ0v) is 14.4. The van der Waals surface area contributed by atoms with E-state index in [1.54, 1.807) is 0 Å². The van der Waals surface area contributed by atoms with Crippen LogP contribution in [-0.4, -0.2) is 9.38 Å². The molecule has 3 heteroatoms. The van der Waals surface area contributed by atoms with Crippen LogP contribution in [0.4, 0.5) is 0 Å². The normalized spacial score (nSPS) is 11.0. The van der Waals surface area contributed by atoms with Gasteiger partial charge in [0.2, 0.25) is 0 Å². The molecule has 0 fully saturated rings. The van der Waals surface area contributed by atoms with Gasteiger partial charge in [-0.2, -0.15) is 0 Å². The van der Waals surface area contributed by atoms with Crippen LogP contribution in [0.15, 0.2) is 72.9 Å². The second-order valence-electron chi connectivity index (χ2n) is 6.28. The maximum Gasteiger partial charge on any atom is 0.137 e. The standard InChI is InChI=1S/C22H20N2O/c1-16-13-19(20-14-24-17(2)7-6-10-22(24)23-20)11-12-21(16)25-15-18-8-4-3-5-9-18/h3-14H,15H2,1-2H3. The number of ether oxygens (including phenoxy) is 1. The van der Waals surface area contributed by atoms with Crippen LogP contribution in [0.1, 0.15) is 16.8 Å². The van der Waals surface area contributed by atoms with Gasteiger partial charge in [-0.1, -0.05) is 36.4 Å². The minimum absolute atomic E-state index is 0.578. The Morgan fingerprint density at radius 3 is 2.52 bits per heavy atom. The number of aryl methyl sites for hydroxylation is 2. The van der Waals surface area contributed by atoms with Gasteiger partial charge in [0, 0.05) is 17.5 Å². The van der Waals surface area contributed by atoms with Gasteiger partial charge in [-0.3, -0.25) is 0 Å². The fourth-order valence-corrected chi connectivity index (χ4v) is 2.99. The molecule has 25 heavy (non-hydrogen) atoms. The lowest BCUT2D eigenvalue weighted by Crippen LogP contribution is -1.96. The second kappa shape index (κ2) is 6.44. The third kappa shape index (κ3) is 3.13. The van der Waals surface area contributed by atoms with E-state index in [-0.39, 0.29) is 0 Å². The highest BCUT2D eigenvalue weighted by atomic mass is 16.5. The smallest absolute Gasteiger partial charge is 0.137 e. The third-order valence-corrected chi connectivity index (χ3v) is 4.40. The van der Waals surface area contributed by atoms with Crippen LogP contribution < -0.4 is 4.74 Å². The van der Waals surface area contributed by atoms with Crippen molar-refractivity contribution >= 4 is 5.65 Å². The molecule has 0 bridgehead atoms. The Morgan fingerprint density at radius 1 is 0.920 bits per heavy atom. The molecule has 0 spiro atoms. The van der Waals surface area contributed by atoms with Crippen molar-refractivity contribution in [1.29, 1.82) is 0 Å². The number of hydrogen-bond donors (Lipinski definition) is 0. The second-order valence-corrected chi connectivity index (χ2v) is 6.28. The average molecular weight is 328 g/mol. The van der Waals surface area contributed by atoms with Crippen molar-refractivity contribution < 1.29 is 4.74 Å². The summed E-state index contributed by atoms with van der Waals surface area (Å²) in [6.07, 6.45) is 2.09. The summed E-state index contributed by atoms with van der Waals surface area (Å²) in [6, 6.07) is 22.6. The largest absolute Gasteiger partial charge is 0.489 e. The number of fused-ring (bicyclic) bond motifs is 1. The fourth-order valence-electron chi connectivity index (χ4n) is 2.99. The Morgan fingerprint density at radius 2 is 1.76 bits per heavy atom. The van der Waals surface area contributed by atoms with Crippen LogP contribution >= 0.6 is 0 Å². The average Bonchev–Trinajstić information content (AvgIpc) is 3.07. The fraction of sp³-hybridized carbons (Fsp3) is 0.136. The van der Waals surface area contributed by atoms with E-state index in [0.717, 1.165) is 28.2 Å². The molecule has 0 atom stereocenters. The molecule has 0 radical (unpaired) electrons. The molecule has 4 rings (SSSR count). The maximum absolute atomic E-state index is 5.97. The molecule has 0 saturated carbocycles. The van der Waals surface area contributed by atoms with Crippen LogP contribution in [0.2, 0.25) is 0 Å². The van der Waals surface area contributed by atoms with Gasteiger partial charge in [-0.15, -0.1) is 0 Å². The number of benzene rings is 2. The summed E-state index contributed by atoms with van der Waals surface area (Å²) < 4.78 is 8.08. The highest BCUT2D eigenvalue weighted by molar-refractivity contribution is 5.65. The summed E-state index contributed by atoms with van der Waals surface area (Å²) >= 11 is 0. The minimum Gasteiger partial charge on any atom is -0.489 e. The molecule has 0 amide bonds. The van der Waals surface area contributed by atoms with Crippen molar-refractivity contribution in [2.24, 2.45) is 0 Å². The van der Waals surface area contributed by atoms with Crippen molar-refractivity contribution in [3.8, 4) is 17.0 Å². The highest BCUT2D eigenvalue weighted by Gasteiger charge is 2.08. The van der Waals surface area contributed by atoms with Gasteiger partial charge < -0.3 is 9.14 Å². The summed E-state index contributed by atoms with van der Waals surface area (Å²) in [7, 11) is 0. The molecule has 4 aromatic rings. The molecular weight excluding hydrogens is 308 g/mol. The molecule has 2 heterocycles. The number of pyridine rings is 1. The van der Waals surface area contributed by atoms with E-state index in [4.69, 9.17) is 9.72 Å². The summed E-state index contributed by atoms with van der Waals surface area (Å²) in [5.41, 5.74) is 6.51. The first-order valence-corrected chi connectivity index (χ1v) is 8.43. The van der Waals surface area contributed by atoms with Gasteiger partial charge >= 0.3 is 0 Å². The van der Waals surface area contributed by atoms with Crippen LogP contribution in [0.25, 0.3) is 16.9 Å². The predicted octanol–water partition coefficient (Wildman–Crippen LogP) is 5.20. The molecular formula is C22H20N2O. The maximum atomic E-state index is 5.97. The van der Waals surface area contributed by atoms with E-state index in [1.165, 1.54) is 11.3 Å². The molecule has 0 aliphatic carbocycles. The lowest BCUT2D eigenvalue weighted by atomic mass is 10.1. The van der Waals surface area contributed by atoms with Crippen molar-refractivity contribution in [3.63, 3.8) is 0 Å². The number of rotatable bonds is 4. The molecule has 0 unspecified atom stereocenters. The zero-order chi connectivity index (χ0) is 17.2. The van der Waals surface area contributed by atoms with Crippen LogP contribution in [0.3, 0.4) is 0 Å². The Hall–Kier alpha value is -3.07. The molecule has 0 aliphatic heterocycles. The highest BCUT2D eigenvalue weighted by Crippen LogP contribution is 2.27. The molecule has 0 saturated heterocycles. The molecule has 124 valence electrons. The molecule has 0 aliphatic rings. The third-order valence-electron chi connectivity index (χ3n) is 4.40. The quantitative estimate of drug-likeness (QED) is 0.515. The van der Waals surface area contributed by atoms with E-state index in [2.05, 4.69) is 54.8 Å². The monoisotopic (exact) mass is 328 g/mol. The van der Waals surface area contributed by atoms with Crippen molar-refractivity contribution in [2.75, 3.05) is 0 Å². The first-order valence-electron chi connectivity index (χ1n) is 8.43. The zero-order valence-electron chi connectivity index (χ0n) is 14.4. The molecule has 0 N–H and O–H groups in total. The predicted molar refractivity (Wildman–Crippen MR) is 101 cm³/mol. The van der Waals surface area contributed by atoms with Gasteiger partial charge in [0.1, 0.15) is 18.0 Å². The SMILES string of the molecule is Cc1cc(-c2cn3c(C)cccc3n2)ccc1OCc1ccccc1. The molecule has 2 aromatic carbocycles. The lowest BCUT2D eigenvalue weighted by Gasteiger charge is -2.10. The number of nitrogens with zero attached hydrogens (tertiary/aromatic N) is 2.